The monoisotopic (exact) mass is 225 g/mol. The molecule has 1 aromatic heterocycles. The van der Waals surface area contributed by atoms with Crippen LogP contribution in [0.25, 0.3) is 0 Å². The van der Waals surface area contributed by atoms with Crippen molar-refractivity contribution < 1.29 is 9.90 Å². The van der Waals surface area contributed by atoms with Crippen LogP contribution < -0.4 is 5.32 Å². The maximum Gasteiger partial charge on any atom is 0.225 e. The quantitative estimate of drug-likeness (QED) is 0.819. The molecule has 2 N–H and O–H groups in total. The molecule has 1 aliphatic rings. The SMILES string of the molecule is O=C(NCc1ccsc1)C1CCCC1O. The van der Waals surface area contributed by atoms with Gasteiger partial charge in [0.05, 0.1) is 12.0 Å². The lowest BCUT2D eigenvalue weighted by Gasteiger charge is -2.13. The number of hydrogen-bond acceptors (Lipinski definition) is 3. The Labute approximate surface area is 93.1 Å². The minimum absolute atomic E-state index is 0.00815. The molecule has 0 aromatic carbocycles. The van der Waals surface area contributed by atoms with Crippen LogP contribution in [0, 0.1) is 5.92 Å². The predicted molar refractivity (Wildman–Crippen MR) is 59.5 cm³/mol. The average molecular weight is 225 g/mol. The third-order valence-electron chi connectivity index (χ3n) is 2.86. The van der Waals surface area contributed by atoms with Crippen molar-refractivity contribution in [1.29, 1.82) is 0 Å². The van der Waals surface area contributed by atoms with Crippen molar-refractivity contribution in [1.82, 2.24) is 5.32 Å². The van der Waals surface area contributed by atoms with E-state index >= 15 is 0 Å². The molecule has 4 heteroatoms. The molecule has 0 spiro atoms. The third kappa shape index (κ3) is 2.58. The molecule has 2 unspecified atom stereocenters. The number of aliphatic hydroxyl groups excluding tert-OH is 1. The number of carbonyl (C=O) groups is 1. The lowest BCUT2D eigenvalue weighted by molar-refractivity contribution is -0.127. The Hall–Kier alpha value is -0.870. The van der Waals surface area contributed by atoms with Gasteiger partial charge in [-0.1, -0.05) is 0 Å². The van der Waals surface area contributed by atoms with E-state index in [-0.39, 0.29) is 11.8 Å². The molecule has 1 aromatic rings. The summed E-state index contributed by atoms with van der Waals surface area (Å²) < 4.78 is 0. The highest BCUT2D eigenvalue weighted by atomic mass is 32.1. The van der Waals surface area contributed by atoms with Crippen molar-refractivity contribution in [3.63, 3.8) is 0 Å². The molecule has 15 heavy (non-hydrogen) atoms. The molecule has 0 saturated heterocycles. The summed E-state index contributed by atoms with van der Waals surface area (Å²) in [4.78, 5) is 11.7. The zero-order chi connectivity index (χ0) is 10.7. The second-order valence-corrected chi connectivity index (χ2v) is 4.73. The normalized spacial score (nSPS) is 25.4. The topological polar surface area (TPSA) is 49.3 Å². The van der Waals surface area contributed by atoms with E-state index in [0.717, 1.165) is 24.8 Å². The van der Waals surface area contributed by atoms with E-state index in [1.165, 1.54) is 0 Å². The van der Waals surface area contributed by atoms with Crippen molar-refractivity contribution >= 4 is 17.2 Å². The van der Waals surface area contributed by atoms with E-state index in [4.69, 9.17) is 0 Å². The van der Waals surface area contributed by atoms with E-state index in [1.54, 1.807) is 11.3 Å². The van der Waals surface area contributed by atoms with Gasteiger partial charge in [-0.15, -0.1) is 0 Å². The summed E-state index contributed by atoms with van der Waals surface area (Å²) in [5.74, 6) is -0.199. The Morgan fingerprint density at radius 3 is 3.07 bits per heavy atom. The molecule has 82 valence electrons. The van der Waals surface area contributed by atoms with Gasteiger partial charge in [0, 0.05) is 6.54 Å². The Morgan fingerprint density at radius 1 is 1.60 bits per heavy atom. The number of thiophene rings is 1. The van der Waals surface area contributed by atoms with Crippen LogP contribution in [-0.4, -0.2) is 17.1 Å². The zero-order valence-electron chi connectivity index (χ0n) is 8.48. The van der Waals surface area contributed by atoms with Crippen LogP contribution >= 0.6 is 11.3 Å². The lowest BCUT2D eigenvalue weighted by atomic mass is 10.1. The minimum Gasteiger partial charge on any atom is -0.392 e. The summed E-state index contributed by atoms with van der Waals surface area (Å²) in [5, 5.41) is 16.4. The number of carbonyl (C=O) groups excluding carboxylic acids is 1. The Balaban J connectivity index is 1.82. The van der Waals surface area contributed by atoms with Crippen LogP contribution in [0.15, 0.2) is 16.8 Å². The van der Waals surface area contributed by atoms with Gasteiger partial charge in [-0.3, -0.25) is 4.79 Å². The molecule has 1 amide bonds. The number of rotatable bonds is 3. The van der Waals surface area contributed by atoms with Crippen LogP contribution in [0.4, 0.5) is 0 Å². The summed E-state index contributed by atoms with van der Waals surface area (Å²) in [5.41, 5.74) is 1.13. The molecule has 2 rings (SSSR count). The first-order valence-electron chi connectivity index (χ1n) is 5.24. The molecule has 0 radical (unpaired) electrons. The number of amides is 1. The van der Waals surface area contributed by atoms with Crippen LogP contribution in [0.1, 0.15) is 24.8 Å². The van der Waals surface area contributed by atoms with E-state index in [0.29, 0.717) is 6.54 Å². The Morgan fingerprint density at radius 2 is 2.47 bits per heavy atom. The molecule has 0 aliphatic heterocycles. The fourth-order valence-corrected chi connectivity index (χ4v) is 2.63. The van der Waals surface area contributed by atoms with Crippen molar-refractivity contribution in [2.75, 3.05) is 0 Å². The Bertz CT molecular complexity index is 323. The number of hydrogen-bond donors (Lipinski definition) is 2. The van der Waals surface area contributed by atoms with Crippen molar-refractivity contribution in [2.24, 2.45) is 5.92 Å². The van der Waals surface area contributed by atoms with Crippen molar-refractivity contribution in [3.8, 4) is 0 Å². The highest BCUT2D eigenvalue weighted by Crippen LogP contribution is 2.25. The highest BCUT2D eigenvalue weighted by molar-refractivity contribution is 7.07. The first-order valence-corrected chi connectivity index (χ1v) is 6.18. The van der Waals surface area contributed by atoms with Gasteiger partial charge < -0.3 is 10.4 Å². The summed E-state index contributed by atoms with van der Waals surface area (Å²) in [6.45, 7) is 0.575. The van der Waals surface area contributed by atoms with Crippen LogP contribution in [0.5, 0.6) is 0 Å². The van der Waals surface area contributed by atoms with Gasteiger partial charge in [0.1, 0.15) is 0 Å². The largest absolute Gasteiger partial charge is 0.392 e. The van der Waals surface area contributed by atoms with Gasteiger partial charge in [-0.25, -0.2) is 0 Å². The van der Waals surface area contributed by atoms with Crippen LogP contribution in [0.2, 0.25) is 0 Å². The fraction of sp³-hybridized carbons (Fsp3) is 0.545. The molecule has 1 saturated carbocycles. The summed E-state index contributed by atoms with van der Waals surface area (Å²) in [7, 11) is 0. The van der Waals surface area contributed by atoms with Gasteiger partial charge >= 0.3 is 0 Å². The number of nitrogens with one attached hydrogen (secondary N) is 1. The van der Waals surface area contributed by atoms with Gasteiger partial charge in [0.25, 0.3) is 0 Å². The van der Waals surface area contributed by atoms with E-state index in [1.807, 2.05) is 16.8 Å². The second kappa shape index (κ2) is 4.77. The molecule has 2 atom stereocenters. The van der Waals surface area contributed by atoms with Crippen LogP contribution in [-0.2, 0) is 11.3 Å². The minimum atomic E-state index is -0.438. The summed E-state index contributed by atoms with van der Waals surface area (Å²) >= 11 is 1.62. The fourth-order valence-electron chi connectivity index (χ4n) is 1.96. The van der Waals surface area contributed by atoms with E-state index in [2.05, 4.69) is 5.32 Å². The zero-order valence-corrected chi connectivity index (χ0v) is 9.30. The first-order chi connectivity index (χ1) is 7.27. The Kier molecular flexibility index (Phi) is 3.38. The second-order valence-electron chi connectivity index (χ2n) is 3.95. The molecule has 1 heterocycles. The maximum atomic E-state index is 11.7. The smallest absolute Gasteiger partial charge is 0.225 e. The first kappa shape index (κ1) is 10.6. The van der Waals surface area contributed by atoms with Crippen molar-refractivity contribution in [2.45, 2.75) is 31.9 Å². The van der Waals surface area contributed by atoms with E-state index < -0.39 is 6.10 Å². The molecular weight excluding hydrogens is 210 g/mol. The predicted octanol–water partition coefficient (Wildman–Crippen LogP) is 1.53. The molecule has 1 aliphatic carbocycles. The third-order valence-corrected chi connectivity index (χ3v) is 3.60. The molecular formula is C11H15NO2S. The maximum absolute atomic E-state index is 11.7. The van der Waals surface area contributed by atoms with Gasteiger partial charge in [0.15, 0.2) is 0 Å². The van der Waals surface area contributed by atoms with Crippen LogP contribution in [0.3, 0.4) is 0 Å². The lowest BCUT2D eigenvalue weighted by Crippen LogP contribution is -2.34. The molecule has 3 nitrogen and oxygen atoms in total. The summed E-state index contributed by atoms with van der Waals surface area (Å²) in [6.07, 6.45) is 2.10. The standard InChI is InChI=1S/C11H15NO2S/c13-10-3-1-2-9(10)11(14)12-6-8-4-5-15-7-8/h4-5,7,9-10,13H,1-3,6H2,(H,12,14). The van der Waals surface area contributed by atoms with Crippen molar-refractivity contribution in [3.05, 3.63) is 22.4 Å². The number of aliphatic hydroxyl groups is 1. The van der Waals surface area contributed by atoms with Gasteiger partial charge in [0.2, 0.25) is 5.91 Å². The van der Waals surface area contributed by atoms with Gasteiger partial charge in [-0.05, 0) is 41.7 Å². The van der Waals surface area contributed by atoms with Gasteiger partial charge in [-0.2, -0.15) is 11.3 Å². The average Bonchev–Trinajstić information content (AvgIpc) is 2.84. The molecule has 0 bridgehead atoms. The summed E-state index contributed by atoms with van der Waals surface area (Å²) in [6, 6.07) is 2.00. The highest BCUT2D eigenvalue weighted by Gasteiger charge is 2.30. The van der Waals surface area contributed by atoms with E-state index in [9.17, 15) is 9.90 Å². The molecule has 1 fully saturated rings.